The molecule has 0 spiro atoms. The summed E-state index contributed by atoms with van der Waals surface area (Å²) in [5.41, 5.74) is 1.87. The van der Waals surface area contributed by atoms with Crippen molar-refractivity contribution in [3.8, 4) is 0 Å². The highest BCUT2D eigenvalue weighted by molar-refractivity contribution is 5.91. The first-order valence-electron chi connectivity index (χ1n) is 6.61. The minimum Gasteiger partial charge on any atom is -0.295 e. The van der Waals surface area contributed by atoms with E-state index >= 15 is 0 Å². The molecule has 16 heavy (non-hydrogen) atoms. The van der Waals surface area contributed by atoms with Crippen LogP contribution in [0.25, 0.3) is 0 Å². The van der Waals surface area contributed by atoms with Crippen molar-refractivity contribution < 1.29 is 4.79 Å². The van der Waals surface area contributed by atoms with Crippen LogP contribution in [0.5, 0.6) is 0 Å². The van der Waals surface area contributed by atoms with Gasteiger partial charge in [0.15, 0.2) is 5.78 Å². The molecule has 1 nitrogen and oxygen atoms in total. The molecule has 0 aromatic heterocycles. The Kier molecular flexibility index (Phi) is 2.98. The van der Waals surface area contributed by atoms with Crippen molar-refractivity contribution >= 4 is 5.78 Å². The Morgan fingerprint density at radius 2 is 2.00 bits per heavy atom. The highest BCUT2D eigenvalue weighted by Crippen LogP contribution is 2.47. The summed E-state index contributed by atoms with van der Waals surface area (Å²) in [5.74, 6) is 2.44. The first-order valence-corrected chi connectivity index (χ1v) is 6.61. The van der Waals surface area contributed by atoms with Crippen molar-refractivity contribution in [1.29, 1.82) is 0 Å². The van der Waals surface area contributed by atoms with E-state index in [2.05, 4.69) is 27.7 Å². The number of ketones is 1. The molecule has 0 heterocycles. The van der Waals surface area contributed by atoms with Gasteiger partial charge in [-0.15, -0.1) is 0 Å². The van der Waals surface area contributed by atoms with Gasteiger partial charge in [-0.1, -0.05) is 33.3 Å². The number of rotatable bonds is 0. The summed E-state index contributed by atoms with van der Waals surface area (Å²) in [6.07, 6.45) is 6.44. The first-order chi connectivity index (χ1) is 7.38. The van der Waals surface area contributed by atoms with Crippen LogP contribution in [0.3, 0.4) is 0 Å². The van der Waals surface area contributed by atoms with E-state index in [1.807, 2.05) is 6.08 Å². The van der Waals surface area contributed by atoms with Crippen LogP contribution in [0.2, 0.25) is 0 Å². The zero-order chi connectivity index (χ0) is 11.9. The van der Waals surface area contributed by atoms with Crippen LogP contribution >= 0.6 is 0 Å². The van der Waals surface area contributed by atoms with Gasteiger partial charge in [0.1, 0.15) is 0 Å². The van der Waals surface area contributed by atoms with E-state index in [1.54, 1.807) is 0 Å². The lowest BCUT2D eigenvalue weighted by Crippen LogP contribution is -2.33. The van der Waals surface area contributed by atoms with Gasteiger partial charge in [-0.05, 0) is 48.5 Å². The average molecular weight is 220 g/mol. The Morgan fingerprint density at radius 3 is 2.62 bits per heavy atom. The summed E-state index contributed by atoms with van der Waals surface area (Å²) in [4.78, 5) is 11.5. The minimum absolute atomic E-state index is 0.355. The van der Waals surface area contributed by atoms with Gasteiger partial charge in [0.25, 0.3) is 0 Å². The van der Waals surface area contributed by atoms with E-state index in [1.165, 1.54) is 18.4 Å². The topological polar surface area (TPSA) is 17.1 Å². The average Bonchev–Trinajstić information content (AvgIpc) is 2.15. The molecule has 0 aromatic carbocycles. The van der Waals surface area contributed by atoms with Crippen molar-refractivity contribution in [1.82, 2.24) is 0 Å². The number of hydrogen-bond donors (Lipinski definition) is 0. The van der Waals surface area contributed by atoms with Gasteiger partial charge in [-0.2, -0.15) is 0 Å². The Morgan fingerprint density at radius 1 is 1.31 bits per heavy atom. The largest absolute Gasteiger partial charge is 0.295 e. The molecule has 3 atom stereocenters. The molecule has 2 rings (SSSR count). The maximum absolute atomic E-state index is 11.5. The molecule has 0 amide bonds. The van der Waals surface area contributed by atoms with Crippen molar-refractivity contribution in [2.24, 2.45) is 23.2 Å². The molecule has 1 fully saturated rings. The van der Waals surface area contributed by atoms with E-state index < -0.39 is 0 Å². The van der Waals surface area contributed by atoms with Crippen LogP contribution in [0.4, 0.5) is 0 Å². The van der Waals surface area contributed by atoms with Crippen LogP contribution in [-0.4, -0.2) is 5.78 Å². The van der Waals surface area contributed by atoms with Gasteiger partial charge in [-0.25, -0.2) is 0 Å². The van der Waals surface area contributed by atoms with E-state index in [0.717, 1.165) is 18.8 Å². The predicted octanol–water partition coefficient (Wildman–Crippen LogP) is 3.98. The third-order valence-electron chi connectivity index (χ3n) is 4.58. The zero-order valence-corrected chi connectivity index (χ0v) is 11.0. The molecular formula is C15H24O. The maximum atomic E-state index is 11.5. The molecule has 0 saturated heterocycles. The molecular weight excluding hydrogens is 196 g/mol. The summed E-state index contributed by atoms with van der Waals surface area (Å²) >= 11 is 0. The fourth-order valence-corrected chi connectivity index (χ4v) is 3.39. The molecule has 0 N–H and O–H groups in total. The highest BCUT2D eigenvalue weighted by Gasteiger charge is 2.37. The molecule has 3 unspecified atom stereocenters. The number of carbonyl (C=O) groups excluding carboxylic acids is 1. The quantitative estimate of drug-likeness (QED) is 0.603. The lowest BCUT2D eigenvalue weighted by Gasteiger charge is -2.42. The normalized spacial score (nSPS) is 35.6. The summed E-state index contributed by atoms with van der Waals surface area (Å²) < 4.78 is 0. The number of allylic oxidation sites excluding steroid dienone is 2. The summed E-state index contributed by atoms with van der Waals surface area (Å²) in [6.45, 7) is 9.31. The highest BCUT2D eigenvalue weighted by atomic mass is 16.1. The minimum atomic E-state index is 0.355. The third-order valence-corrected chi connectivity index (χ3v) is 4.58. The van der Waals surface area contributed by atoms with Gasteiger partial charge in [0, 0.05) is 6.42 Å². The van der Waals surface area contributed by atoms with Crippen molar-refractivity contribution in [3.63, 3.8) is 0 Å². The molecule has 0 bridgehead atoms. The Balaban J connectivity index is 2.16. The Bertz CT molecular complexity index is 319. The van der Waals surface area contributed by atoms with Crippen molar-refractivity contribution in [2.75, 3.05) is 0 Å². The van der Waals surface area contributed by atoms with E-state index in [9.17, 15) is 4.79 Å². The van der Waals surface area contributed by atoms with Crippen molar-refractivity contribution in [2.45, 2.75) is 53.4 Å². The fraction of sp³-hybridized carbons (Fsp3) is 0.800. The lowest BCUT2D eigenvalue weighted by atomic mass is 9.63. The monoisotopic (exact) mass is 220 g/mol. The van der Waals surface area contributed by atoms with Crippen LogP contribution < -0.4 is 0 Å². The summed E-state index contributed by atoms with van der Waals surface area (Å²) in [6, 6.07) is 0. The van der Waals surface area contributed by atoms with Crippen LogP contribution in [0.1, 0.15) is 53.4 Å². The van der Waals surface area contributed by atoms with Crippen LogP contribution in [-0.2, 0) is 4.79 Å². The molecule has 2 aliphatic carbocycles. The van der Waals surface area contributed by atoms with Crippen LogP contribution in [0.15, 0.2) is 11.6 Å². The molecule has 0 radical (unpaired) electrons. The van der Waals surface area contributed by atoms with Gasteiger partial charge in [0.2, 0.25) is 0 Å². The van der Waals surface area contributed by atoms with E-state index in [0.29, 0.717) is 23.0 Å². The van der Waals surface area contributed by atoms with E-state index in [-0.39, 0.29) is 0 Å². The molecule has 1 heteroatoms. The Hall–Kier alpha value is -0.590. The van der Waals surface area contributed by atoms with Gasteiger partial charge in [0.05, 0.1) is 0 Å². The van der Waals surface area contributed by atoms with E-state index in [4.69, 9.17) is 0 Å². The smallest absolute Gasteiger partial charge is 0.155 e. The second kappa shape index (κ2) is 4.01. The molecule has 90 valence electrons. The molecule has 0 aliphatic heterocycles. The molecule has 2 aliphatic rings. The summed E-state index contributed by atoms with van der Waals surface area (Å²) in [7, 11) is 0. The SMILES string of the molecule is CC1CC(=O)C=C2CCC(C(C)(C)C)CC21. The van der Waals surface area contributed by atoms with Gasteiger partial charge in [-0.3, -0.25) is 4.79 Å². The second-order valence-electron chi connectivity index (χ2n) is 6.81. The first kappa shape index (κ1) is 11.9. The maximum Gasteiger partial charge on any atom is 0.155 e. The zero-order valence-electron chi connectivity index (χ0n) is 11.0. The predicted molar refractivity (Wildman–Crippen MR) is 67.2 cm³/mol. The van der Waals surface area contributed by atoms with Crippen molar-refractivity contribution in [3.05, 3.63) is 11.6 Å². The Labute approximate surface area is 99.3 Å². The standard InChI is InChI=1S/C15H24O/c1-10-7-13(16)8-11-5-6-12(9-14(10)11)15(2,3)4/h8,10,12,14H,5-7,9H2,1-4H3. The molecule has 1 saturated carbocycles. The lowest BCUT2D eigenvalue weighted by molar-refractivity contribution is -0.116. The van der Waals surface area contributed by atoms with Gasteiger partial charge < -0.3 is 0 Å². The van der Waals surface area contributed by atoms with Crippen LogP contribution in [0, 0.1) is 23.2 Å². The summed E-state index contributed by atoms with van der Waals surface area (Å²) in [5, 5.41) is 0. The number of hydrogen-bond acceptors (Lipinski definition) is 1. The number of fused-ring (bicyclic) bond motifs is 1. The molecule has 0 aromatic rings. The second-order valence-corrected chi connectivity index (χ2v) is 6.81. The van der Waals surface area contributed by atoms with Gasteiger partial charge >= 0.3 is 0 Å². The fourth-order valence-electron chi connectivity index (χ4n) is 3.39. The third kappa shape index (κ3) is 2.23. The number of carbonyl (C=O) groups is 1.